The van der Waals surface area contributed by atoms with Gasteiger partial charge in [-0.1, -0.05) is 17.7 Å². The number of aromatic nitrogens is 2. The maximum Gasteiger partial charge on any atom is 0.0574 e. The molecule has 0 aliphatic carbocycles. The van der Waals surface area contributed by atoms with Gasteiger partial charge in [0.1, 0.15) is 0 Å². The van der Waals surface area contributed by atoms with Crippen molar-refractivity contribution in [3.8, 4) is 0 Å². The van der Waals surface area contributed by atoms with E-state index >= 15 is 0 Å². The van der Waals surface area contributed by atoms with Gasteiger partial charge in [-0.15, -0.1) is 13.2 Å². The summed E-state index contributed by atoms with van der Waals surface area (Å²) in [7, 11) is 0. The highest BCUT2D eigenvalue weighted by molar-refractivity contribution is 5.81. The zero-order valence-corrected chi connectivity index (χ0v) is 7.70. The fourth-order valence-corrected chi connectivity index (χ4v) is 1.11. The van der Waals surface area contributed by atoms with Crippen molar-refractivity contribution in [2.24, 2.45) is 0 Å². The van der Waals surface area contributed by atoms with Gasteiger partial charge < -0.3 is 0 Å². The molecule has 0 saturated heterocycles. The average Bonchev–Trinajstić information content (AvgIpc) is 2.21. The van der Waals surface area contributed by atoms with Crippen LogP contribution < -0.4 is 0 Å². The second-order valence-electron chi connectivity index (χ2n) is 2.62. The number of aryl methyl sites for hydroxylation is 1. The molecule has 13 heavy (non-hydrogen) atoms. The van der Waals surface area contributed by atoms with Crippen molar-refractivity contribution < 1.29 is 0 Å². The van der Waals surface area contributed by atoms with Crippen molar-refractivity contribution in [1.82, 2.24) is 10.2 Å². The second-order valence-corrected chi connectivity index (χ2v) is 2.62. The van der Waals surface area contributed by atoms with Crippen molar-refractivity contribution in [2.75, 3.05) is 0 Å². The molecule has 0 aliphatic heterocycles. The molecule has 0 fully saturated rings. The first-order chi connectivity index (χ1) is 6.36. The molecule has 0 bridgehead atoms. The van der Waals surface area contributed by atoms with Crippen LogP contribution in [-0.2, 0) is 0 Å². The number of rotatable bonds is 0. The van der Waals surface area contributed by atoms with Crippen molar-refractivity contribution in [3.05, 3.63) is 49.3 Å². The van der Waals surface area contributed by atoms with Crippen LogP contribution in [0.4, 0.5) is 0 Å². The molecular formula is C11H12N2. The van der Waals surface area contributed by atoms with Crippen LogP contribution in [0.5, 0.6) is 0 Å². The van der Waals surface area contributed by atoms with Crippen LogP contribution >= 0.6 is 0 Å². The largest absolute Gasteiger partial charge is 0.158 e. The van der Waals surface area contributed by atoms with E-state index in [0.717, 1.165) is 10.8 Å². The zero-order valence-electron chi connectivity index (χ0n) is 7.70. The predicted molar refractivity (Wildman–Crippen MR) is 55.5 cm³/mol. The van der Waals surface area contributed by atoms with Crippen LogP contribution in [0.15, 0.2) is 43.8 Å². The quantitative estimate of drug-likeness (QED) is 0.571. The minimum absolute atomic E-state index is 1.14. The first-order valence-electron chi connectivity index (χ1n) is 4.03. The molecule has 0 N–H and O–H groups in total. The van der Waals surface area contributed by atoms with Gasteiger partial charge in [0.25, 0.3) is 0 Å². The molecule has 1 aromatic heterocycles. The van der Waals surface area contributed by atoms with Gasteiger partial charge in [-0.25, -0.2) is 0 Å². The summed E-state index contributed by atoms with van der Waals surface area (Å²) < 4.78 is 0. The Hall–Kier alpha value is -1.70. The molecule has 0 spiro atoms. The highest BCUT2D eigenvalue weighted by Gasteiger charge is 1.91. The van der Waals surface area contributed by atoms with E-state index in [0.29, 0.717) is 0 Å². The van der Waals surface area contributed by atoms with Crippen LogP contribution in [0.25, 0.3) is 10.8 Å². The SMILES string of the molecule is C=C.Cc1ccc2cnncc2c1. The van der Waals surface area contributed by atoms with E-state index in [-0.39, 0.29) is 0 Å². The molecule has 2 aromatic rings. The summed E-state index contributed by atoms with van der Waals surface area (Å²) in [4.78, 5) is 0. The summed E-state index contributed by atoms with van der Waals surface area (Å²) in [6.45, 7) is 8.07. The summed E-state index contributed by atoms with van der Waals surface area (Å²) in [5, 5.41) is 9.89. The van der Waals surface area contributed by atoms with Gasteiger partial charge in [-0.05, 0) is 13.0 Å². The van der Waals surface area contributed by atoms with Crippen LogP contribution in [0.2, 0.25) is 0 Å². The van der Waals surface area contributed by atoms with Gasteiger partial charge in [0.15, 0.2) is 0 Å². The van der Waals surface area contributed by atoms with Gasteiger partial charge >= 0.3 is 0 Å². The fraction of sp³-hybridized carbons (Fsp3) is 0.0909. The highest BCUT2D eigenvalue weighted by atomic mass is 15.1. The van der Waals surface area contributed by atoms with Crippen molar-refractivity contribution in [1.29, 1.82) is 0 Å². The van der Waals surface area contributed by atoms with E-state index in [4.69, 9.17) is 0 Å². The molecule has 2 heteroatoms. The Labute approximate surface area is 77.9 Å². The van der Waals surface area contributed by atoms with E-state index in [1.54, 1.807) is 12.4 Å². The topological polar surface area (TPSA) is 25.8 Å². The lowest BCUT2D eigenvalue weighted by Gasteiger charge is -1.95. The molecule has 0 saturated carbocycles. The lowest BCUT2D eigenvalue weighted by molar-refractivity contribution is 1.05. The third-order valence-corrected chi connectivity index (χ3v) is 1.70. The smallest absolute Gasteiger partial charge is 0.0574 e. The molecule has 0 atom stereocenters. The molecule has 0 amide bonds. The first kappa shape index (κ1) is 9.39. The van der Waals surface area contributed by atoms with Crippen molar-refractivity contribution in [3.63, 3.8) is 0 Å². The third kappa shape index (κ3) is 2.12. The van der Waals surface area contributed by atoms with Gasteiger partial charge in [0.05, 0.1) is 12.4 Å². The molecule has 1 aromatic carbocycles. The van der Waals surface area contributed by atoms with E-state index in [1.165, 1.54) is 5.56 Å². The third-order valence-electron chi connectivity index (χ3n) is 1.70. The monoisotopic (exact) mass is 172 g/mol. The zero-order chi connectivity index (χ0) is 9.68. The first-order valence-corrected chi connectivity index (χ1v) is 4.03. The maximum absolute atomic E-state index is 3.80. The average molecular weight is 172 g/mol. The number of hydrogen-bond donors (Lipinski definition) is 0. The Bertz CT molecular complexity index is 396. The summed E-state index contributed by atoms with van der Waals surface area (Å²) >= 11 is 0. The van der Waals surface area contributed by atoms with Gasteiger partial charge in [0.2, 0.25) is 0 Å². The van der Waals surface area contributed by atoms with Crippen LogP contribution in [0.1, 0.15) is 5.56 Å². The minimum atomic E-state index is 1.14. The van der Waals surface area contributed by atoms with Crippen LogP contribution in [0, 0.1) is 6.92 Å². The molecule has 0 radical (unpaired) electrons. The summed E-state index contributed by atoms with van der Waals surface area (Å²) in [6, 6.07) is 6.23. The fourth-order valence-electron chi connectivity index (χ4n) is 1.11. The molecule has 0 unspecified atom stereocenters. The van der Waals surface area contributed by atoms with E-state index in [9.17, 15) is 0 Å². The number of hydrogen-bond acceptors (Lipinski definition) is 2. The molecule has 2 rings (SSSR count). The van der Waals surface area contributed by atoms with Crippen molar-refractivity contribution >= 4 is 10.8 Å². The van der Waals surface area contributed by atoms with E-state index in [2.05, 4.69) is 48.5 Å². The predicted octanol–water partition coefficient (Wildman–Crippen LogP) is 2.74. The Kier molecular flexibility index (Phi) is 3.15. The summed E-state index contributed by atoms with van der Waals surface area (Å²) in [5.41, 5.74) is 1.26. The van der Waals surface area contributed by atoms with Crippen LogP contribution in [0.3, 0.4) is 0 Å². The number of nitrogens with zero attached hydrogens (tertiary/aromatic N) is 2. The summed E-state index contributed by atoms with van der Waals surface area (Å²) in [6.07, 6.45) is 3.55. The molecule has 66 valence electrons. The van der Waals surface area contributed by atoms with Crippen molar-refractivity contribution in [2.45, 2.75) is 6.92 Å². The lowest BCUT2D eigenvalue weighted by Crippen LogP contribution is -1.80. The Morgan fingerprint density at radius 2 is 1.62 bits per heavy atom. The second kappa shape index (κ2) is 4.36. The maximum atomic E-state index is 3.80. The Morgan fingerprint density at radius 3 is 2.31 bits per heavy atom. The number of fused-ring (bicyclic) bond motifs is 1. The Morgan fingerprint density at radius 1 is 1.00 bits per heavy atom. The lowest BCUT2D eigenvalue weighted by atomic mass is 10.1. The Balaban J connectivity index is 0.000000396. The van der Waals surface area contributed by atoms with E-state index in [1.807, 2.05) is 0 Å². The van der Waals surface area contributed by atoms with Gasteiger partial charge in [-0.3, -0.25) is 0 Å². The minimum Gasteiger partial charge on any atom is -0.158 e. The molecular weight excluding hydrogens is 160 g/mol. The van der Waals surface area contributed by atoms with E-state index < -0.39 is 0 Å². The standard InChI is InChI=1S/C9H8N2.C2H4/c1-7-2-3-8-5-10-11-6-9(8)4-7;1-2/h2-6H,1H3;1-2H2. The normalized spacial score (nSPS) is 9.00. The number of benzene rings is 1. The highest BCUT2D eigenvalue weighted by Crippen LogP contribution is 2.11. The molecule has 2 nitrogen and oxygen atoms in total. The van der Waals surface area contributed by atoms with Gasteiger partial charge in [-0.2, -0.15) is 10.2 Å². The molecule has 1 heterocycles. The van der Waals surface area contributed by atoms with Crippen LogP contribution in [-0.4, -0.2) is 10.2 Å². The molecule has 0 aliphatic rings. The summed E-state index contributed by atoms with van der Waals surface area (Å²) in [5.74, 6) is 0. The van der Waals surface area contributed by atoms with Gasteiger partial charge in [0, 0.05) is 10.8 Å².